The van der Waals surface area contributed by atoms with Crippen LogP contribution in [0.25, 0.3) is 0 Å². The van der Waals surface area contributed by atoms with Crippen molar-refractivity contribution in [1.29, 1.82) is 0 Å². The van der Waals surface area contributed by atoms with Crippen molar-refractivity contribution in [2.45, 2.75) is 12.8 Å². The number of hydrogen-bond acceptors (Lipinski definition) is 6. The molecule has 1 amide bonds. The minimum absolute atomic E-state index is 0.0652. The van der Waals surface area contributed by atoms with E-state index in [-0.39, 0.29) is 22.4 Å². The summed E-state index contributed by atoms with van der Waals surface area (Å²) < 4.78 is 11.8. The summed E-state index contributed by atoms with van der Waals surface area (Å²) in [6.07, 6.45) is 1.25. The van der Waals surface area contributed by atoms with Crippen molar-refractivity contribution in [3.8, 4) is 11.5 Å². The fourth-order valence-corrected chi connectivity index (χ4v) is 4.08. The number of carbonyl (C=O) groups excluding carboxylic acids is 1. The number of hydrogen-bond donors (Lipinski definition) is 1. The summed E-state index contributed by atoms with van der Waals surface area (Å²) in [5.74, 6) is 1.04. The third-order valence-electron chi connectivity index (χ3n) is 5.17. The number of rotatable bonds is 4. The second kappa shape index (κ2) is 8.28. The number of nitro groups is 1. The summed E-state index contributed by atoms with van der Waals surface area (Å²) in [6.45, 7) is 2.16. The van der Waals surface area contributed by atoms with E-state index in [9.17, 15) is 14.9 Å². The van der Waals surface area contributed by atoms with Gasteiger partial charge in [-0.25, -0.2) is 0 Å². The van der Waals surface area contributed by atoms with Crippen molar-refractivity contribution in [3.05, 3.63) is 51.0 Å². The Labute approximate surface area is 176 Å². The average molecular weight is 462 g/mol. The highest BCUT2D eigenvalue weighted by molar-refractivity contribution is 9.10. The van der Waals surface area contributed by atoms with E-state index >= 15 is 0 Å². The monoisotopic (exact) mass is 461 g/mol. The maximum absolute atomic E-state index is 12.8. The van der Waals surface area contributed by atoms with E-state index in [0.29, 0.717) is 62.0 Å². The molecule has 1 N–H and O–H groups in total. The molecule has 2 aliphatic heterocycles. The first-order chi connectivity index (χ1) is 14.0. The van der Waals surface area contributed by atoms with Crippen LogP contribution in [0, 0.1) is 16.0 Å². The first-order valence-electron chi connectivity index (χ1n) is 9.41. The molecule has 2 aromatic carbocycles. The maximum atomic E-state index is 12.8. The number of halogens is 1. The molecule has 0 aliphatic carbocycles. The largest absolute Gasteiger partial charge is 0.486 e. The highest BCUT2D eigenvalue weighted by Gasteiger charge is 2.28. The molecule has 4 rings (SSSR count). The molecule has 1 fully saturated rings. The second-order valence-electron chi connectivity index (χ2n) is 6.97. The average Bonchev–Trinajstić information content (AvgIpc) is 2.74. The fraction of sp³-hybridized carbons (Fsp3) is 0.350. The minimum atomic E-state index is -0.368. The molecule has 0 atom stereocenters. The lowest BCUT2D eigenvalue weighted by atomic mass is 9.95. The molecule has 29 heavy (non-hydrogen) atoms. The van der Waals surface area contributed by atoms with Crippen LogP contribution in [0.4, 0.5) is 17.1 Å². The molecule has 8 nitrogen and oxygen atoms in total. The second-order valence-corrected chi connectivity index (χ2v) is 7.83. The molecule has 0 aromatic heterocycles. The van der Waals surface area contributed by atoms with Gasteiger partial charge in [-0.1, -0.05) is 12.1 Å². The SMILES string of the molecule is O=C(Nc1cc2c(cc1Br)OCCO2)C1CCN(c2ccccc2[N+](=O)[O-])CC1. The van der Waals surface area contributed by atoms with Crippen LogP contribution in [0.15, 0.2) is 40.9 Å². The normalized spacial score (nSPS) is 16.4. The van der Waals surface area contributed by atoms with Crippen molar-refractivity contribution in [2.24, 2.45) is 5.92 Å². The van der Waals surface area contributed by atoms with Crippen LogP contribution >= 0.6 is 15.9 Å². The number of fused-ring (bicyclic) bond motifs is 1. The van der Waals surface area contributed by atoms with Crippen molar-refractivity contribution in [2.75, 3.05) is 36.5 Å². The quantitative estimate of drug-likeness (QED) is 0.546. The Balaban J connectivity index is 1.41. The van der Waals surface area contributed by atoms with E-state index in [0.717, 1.165) is 4.47 Å². The third kappa shape index (κ3) is 4.14. The van der Waals surface area contributed by atoms with Gasteiger partial charge in [0, 0.05) is 41.7 Å². The standard InChI is InChI=1S/C20H20BrN3O5/c21-14-11-18-19(29-10-9-28-18)12-15(14)22-20(25)13-5-7-23(8-6-13)16-3-1-2-4-17(16)24(26)27/h1-4,11-13H,5-10H2,(H,22,25). The van der Waals surface area contributed by atoms with Crippen LogP contribution in [0.3, 0.4) is 0 Å². The van der Waals surface area contributed by atoms with Crippen LogP contribution in [0.2, 0.25) is 0 Å². The minimum Gasteiger partial charge on any atom is -0.486 e. The summed E-state index contributed by atoms with van der Waals surface area (Å²) in [4.78, 5) is 25.6. The van der Waals surface area contributed by atoms with Crippen LogP contribution < -0.4 is 19.7 Å². The van der Waals surface area contributed by atoms with E-state index in [1.54, 1.807) is 30.3 Å². The van der Waals surface area contributed by atoms with Crippen molar-refractivity contribution in [1.82, 2.24) is 0 Å². The summed E-state index contributed by atoms with van der Waals surface area (Å²) >= 11 is 3.47. The van der Waals surface area contributed by atoms with E-state index < -0.39 is 0 Å². The number of nitro benzene ring substituents is 1. The van der Waals surface area contributed by atoms with Crippen molar-refractivity contribution in [3.63, 3.8) is 0 Å². The predicted octanol–water partition coefficient (Wildman–Crippen LogP) is 3.98. The van der Waals surface area contributed by atoms with Crippen LogP contribution in [-0.2, 0) is 4.79 Å². The first kappa shape index (κ1) is 19.5. The molecule has 0 saturated carbocycles. The number of benzene rings is 2. The third-order valence-corrected chi connectivity index (χ3v) is 5.83. The Morgan fingerprint density at radius 1 is 1.14 bits per heavy atom. The lowest BCUT2D eigenvalue weighted by molar-refractivity contribution is -0.384. The van der Waals surface area contributed by atoms with Crippen LogP contribution in [0.1, 0.15) is 12.8 Å². The molecule has 0 bridgehead atoms. The van der Waals surface area contributed by atoms with Gasteiger partial charge >= 0.3 is 0 Å². The molecule has 1 saturated heterocycles. The van der Waals surface area contributed by atoms with Crippen LogP contribution in [0.5, 0.6) is 11.5 Å². The maximum Gasteiger partial charge on any atom is 0.292 e. The van der Waals surface area contributed by atoms with Gasteiger partial charge in [-0.2, -0.15) is 0 Å². The van der Waals surface area contributed by atoms with Gasteiger partial charge < -0.3 is 19.7 Å². The van der Waals surface area contributed by atoms with Gasteiger partial charge in [0.2, 0.25) is 5.91 Å². The first-order valence-corrected chi connectivity index (χ1v) is 10.2. The Hall–Kier alpha value is -2.81. The number of piperidine rings is 1. The number of anilines is 2. The predicted molar refractivity (Wildman–Crippen MR) is 112 cm³/mol. The molecule has 2 aliphatic rings. The molecular weight excluding hydrogens is 442 g/mol. The number of amides is 1. The summed E-state index contributed by atoms with van der Waals surface area (Å²) in [6, 6.07) is 10.3. The molecule has 0 radical (unpaired) electrons. The van der Waals surface area contributed by atoms with Gasteiger partial charge in [0.15, 0.2) is 11.5 Å². The van der Waals surface area contributed by atoms with Crippen molar-refractivity contribution >= 4 is 38.9 Å². The van der Waals surface area contributed by atoms with E-state index in [2.05, 4.69) is 21.2 Å². The fourth-order valence-electron chi connectivity index (χ4n) is 3.66. The Bertz CT molecular complexity index is 944. The van der Waals surface area contributed by atoms with E-state index in [1.807, 2.05) is 4.90 Å². The smallest absolute Gasteiger partial charge is 0.292 e. The zero-order valence-electron chi connectivity index (χ0n) is 15.6. The number of carbonyl (C=O) groups is 1. The number of para-hydroxylation sites is 2. The number of nitrogens with zero attached hydrogens (tertiary/aromatic N) is 2. The molecule has 152 valence electrons. The Kier molecular flexibility index (Phi) is 5.57. The topological polar surface area (TPSA) is 93.9 Å². The molecule has 0 spiro atoms. The molecule has 9 heteroatoms. The summed E-state index contributed by atoms with van der Waals surface area (Å²) in [5, 5.41) is 14.2. The highest BCUT2D eigenvalue weighted by Crippen LogP contribution is 2.38. The summed E-state index contributed by atoms with van der Waals surface area (Å²) in [7, 11) is 0. The van der Waals surface area contributed by atoms with Gasteiger partial charge in [0.25, 0.3) is 5.69 Å². The highest BCUT2D eigenvalue weighted by atomic mass is 79.9. The lowest BCUT2D eigenvalue weighted by Gasteiger charge is -2.32. The van der Waals surface area contributed by atoms with E-state index in [1.165, 1.54) is 6.07 Å². The number of nitrogens with one attached hydrogen (secondary N) is 1. The van der Waals surface area contributed by atoms with Gasteiger partial charge in [-0.15, -0.1) is 0 Å². The van der Waals surface area contributed by atoms with Gasteiger partial charge in [-0.3, -0.25) is 14.9 Å². The van der Waals surface area contributed by atoms with Gasteiger partial charge in [-0.05, 0) is 34.8 Å². The van der Waals surface area contributed by atoms with Crippen LogP contribution in [-0.4, -0.2) is 37.1 Å². The van der Waals surface area contributed by atoms with Gasteiger partial charge in [0.05, 0.1) is 10.6 Å². The Morgan fingerprint density at radius 2 is 1.79 bits per heavy atom. The zero-order valence-corrected chi connectivity index (χ0v) is 17.2. The number of ether oxygens (including phenoxy) is 2. The molecule has 2 heterocycles. The van der Waals surface area contributed by atoms with E-state index in [4.69, 9.17) is 9.47 Å². The zero-order chi connectivity index (χ0) is 20.4. The lowest BCUT2D eigenvalue weighted by Crippen LogP contribution is -2.38. The van der Waals surface area contributed by atoms with Crippen molar-refractivity contribution < 1.29 is 19.2 Å². The molecule has 0 unspecified atom stereocenters. The summed E-state index contributed by atoms with van der Waals surface area (Å²) in [5.41, 5.74) is 1.34. The van der Waals surface area contributed by atoms with Gasteiger partial charge in [0.1, 0.15) is 18.9 Å². The molecule has 2 aromatic rings. The Morgan fingerprint density at radius 3 is 2.48 bits per heavy atom. The molecular formula is C20H20BrN3O5.